The summed E-state index contributed by atoms with van der Waals surface area (Å²) < 4.78 is 44.6. The number of unbranched alkanes of at least 4 members (excludes halogenated alkanes) is 1. The van der Waals surface area contributed by atoms with Gasteiger partial charge in [-0.05, 0) is 68.0 Å². The number of nitrogens with zero attached hydrogens (tertiary/aromatic N) is 4. The van der Waals surface area contributed by atoms with E-state index in [1.165, 1.54) is 23.3 Å². The minimum atomic E-state index is -4.31. The molecule has 0 aromatic heterocycles. The number of carbonyl (C=O) groups is 1. The maximum Gasteiger partial charge on any atom is 0.416 e. The Morgan fingerprint density at radius 2 is 1.51 bits per heavy atom. The van der Waals surface area contributed by atoms with Crippen molar-refractivity contribution in [3.05, 3.63) is 65.2 Å². The van der Waals surface area contributed by atoms with Crippen molar-refractivity contribution < 1.29 is 22.7 Å². The smallest absolute Gasteiger partial charge is 0.379 e. The second-order valence-electron chi connectivity index (χ2n) is 11.5. The van der Waals surface area contributed by atoms with E-state index in [4.69, 9.17) is 4.74 Å². The van der Waals surface area contributed by atoms with Crippen molar-refractivity contribution in [1.82, 2.24) is 14.7 Å². The van der Waals surface area contributed by atoms with E-state index in [-0.39, 0.29) is 11.9 Å². The summed E-state index contributed by atoms with van der Waals surface area (Å²) in [6.45, 7) is 9.66. The van der Waals surface area contributed by atoms with Gasteiger partial charge >= 0.3 is 6.18 Å². The predicted molar refractivity (Wildman–Crippen MR) is 155 cm³/mol. The van der Waals surface area contributed by atoms with E-state index in [1.807, 2.05) is 0 Å². The standard InChI is InChI=1S/C32H43F3N4O2/c33-32(34,35)28-6-3-7-29(25-28)38-19-17-36(18-20-38)14-2-1-5-26-8-10-27(11-9-26)30-12-13-31(40)39(30)16-4-15-37-21-23-41-24-22-37/h3,6-11,25,30H,1-2,4-5,12-24H2. The molecule has 3 heterocycles. The van der Waals surface area contributed by atoms with E-state index in [2.05, 4.69) is 43.9 Å². The number of halogens is 3. The highest BCUT2D eigenvalue weighted by Crippen LogP contribution is 2.34. The third-order valence-corrected chi connectivity index (χ3v) is 8.77. The van der Waals surface area contributed by atoms with Gasteiger partial charge in [-0.25, -0.2) is 0 Å². The molecule has 2 aromatic carbocycles. The Morgan fingerprint density at radius 1 is 0.805 bits per heavy atom. The third-order valence-electron chi connectivity index (χ3n) is 8.77. The number of rotatable bonds is 11. The first kappa shape index (κ1) is 29.9. The van der Waals surface area contributed by atoms with Crippen LogP contribution in [0.15, 0.2) is 48.5 Å². The fraction of sp³-hybridized carbons (Fsp3) is 0.594. The molecule has 6 nitrogen and oxygen atoms in total. The maximum atomic E-state index is 13.1. The van der Waals surface area contributed by atoms with Crippen LogP contribution < -0.4 is 4.90 Å². The average Bonchev–Trinajstić information content (AvgIpc) is 3.36. The Labute approximate surface area is 242 Å². The van der Waals surface area contributed by atoms with Crippen LogP contribution in [0.3, 0.4) is 0 Å². The Bertz CT molecular complexity index is 1110. The molecule has 3 saturated heterocycles. The summed E-state index contributed by atoms with van der Waals surface area (Å²) in [4.78, 5) is 21.6. The molecular weight excluding hydrogens is 529 g/mol. The van der Waals surface area contributed by atoms with Crippen LogP contribution in [0.25, 0.3) is 0 Å². The van der Waals surface area contributed by atoms with Crippen molar-refractivity contribution in [2.45, 2.75) is 50.7 Å². The summed E-state index contributed by atoms with van der Waals surface area (Å²) in [5.41, 5.74) is 2.64. The topological polar surface area (TPSA) is 39.3 Å². The Morgan fingerprint density at radius 3 is 2.24 bits per heavy atom. The molecule has 41 heavy (non-hydrogen) atoms. The van der Waals surface area contributed by atoms with Gasteiger partial charge in [-0.15, -0.1) is 0 Å². The first-order valence-electron chi connectivity index (χ1n) is 15.2. The highest BCUT2D eigenvalue weighted by atomic mass is 19.4. The highest BCUT2D eigenvalue weighted by Gasteiger charge is 2.32. The van der Waals surface area contributed by atoms with Gasteiger partial charge in [0.15, 0.2) is 0 Å². The fourth-order valence-electron chi connectivity index (χ4n) is 6.33. The second-order valence-corrected chi connectivity index (χ2v) is 11.5. The van der Waals surface area contributed by atoms with Gasteiger partial charge < -0.3 is 14.5 Å². The molecule has 1 unspecified atom stereocenters. The molecule has 1 atom stereocenters. The zero-order chi connectivity index (χ0) is 28.7. The fourth-order valence-corrected chi connectivity index (χ4v) is 6.33. The normalized spacial score (nSPS) is 21.1. The molecule has 3 aliphatic heterocycles. The summed E-state index contributed by atoms with van der Waals surface area (Å²) in [6, 6.07) is 14.7. The molecule has 0 N–H and O–H groups in total. The third kappa shape index (κ3) is 8.23. The van der Waals surface area contributed by atoms with Gasteiger partial charge in [0.25, 0.3) is 0 Å². The van der Waals surface area contributed by atoms with E-state index in [9.17, 15) is 18.0 Å². The van der Waals surface area contributed by atoms with E-state index in [1.54, 1.807) is 6.07 Å². The maximum absolute atomic E-state index is 13.1. The van der Waals surface area contributed by atoms with Crippen LogP contribution in [0.4, 0.5) is 18.9 Å². The van der Waals surface area contributed by atoms with Gasteiger partial charge in [-0.1, -0.05) is 30.3 Å². The number of aryl methyl sites for hydroxylation is 1. The number of likely N-dealkylation sites (tertiary alicyclic amines) is 1. The summed E-state index contributed by atoms with van der Waals surface area (Å²) in [7, 11) is 0. The van der Waals surface area contributed by atoms with Crippen molar-refractivity contribution in [3.63, 3.8) is 0 Å². The number of anilines is 1. The van der Waals surface area contributed by atoms with Gasteiger partial charge in [-0.3, -0.25) is 14.6 Å². The number of ether oxygens (including phenoxy) is 1. The zero-order valence-corrected chi connectivity index (χ0v) is 24.0. The van der Waals surface area contributed by atoms with Crippen LogP contribution in [0, 0.1) is 0 Å². The van der Waals surface area contributed by atoms with Gasteiger partial charge in [0.05, 0.1) is 24.8 Å². The van der Waals surface area contributed by atoms with Crippen LogP contribution in [-0.2, 0) is 22.1 Å². The minimum Gasteiger partial charge on any atom is -0.379 e. The zero-order valence-electron chi connectivity index (χ0n) is 24.0. The van der Waals surface area contributed by atoms with Crippen LogP contribution in [0.2, 0.25) is 0 Å². The first-order valence-corrected chi connectivity index (χ1v) is 15.2. The lowest BCUT2D eigenvalue weighted by Crippen LogP contribution is -2.46. The van der Waals surface area contributed by atoms with Gasteiger partial charge in [0.2, 0.25) is 5.91 Å². The van der Waals surface area contributed by atoms with E-state index in [0.29, 0.717) is 12.1 Å². The number of carbonyl (C=O) groups excluding carboxylic acids is 1. The largest absolute Gasteiger partial charge is 0.416 e. The van der Waals surface area contributed by atoms with Crippen molar-refractivity contribution in [3.8, 4) is 0 Å². The Kier molecular flexibility index (Phi) is 10.2. The molecule has 3 fully saturated rings. The average molecular weight is 573 g/mol. The number of piperazine rings is 1. The van der Waals surface area contributed by atoms with E-state index in [0.717, 1.165) is 110 Å². The molecule has 0 saturated carbocycles. The molecular formula is C32H43F3N4O2. The molecule has 3 aliphatic rings. The number of amides is 1. The van der Waals surface area contributed by atoms with E-state index < -0.39 is 11.7 Å². The molecule has 224 valence electrons. The van der Waals surface area contributed by atoms with Crippen molar-refractivity contribution >= 4 is 11.6 Å². The monoisotopic (exact) mass is 572 g/mol. The Hall–Kier alpha value is -2.62. The van der Waals surface area contributed by atoms with Crippen molar-refractivity contribution in [1.29, 1.82) is 0 Å². The second kappa shape index (κ2) is 14.0. The summed E-state index contributed by atoms with van der Waals surface area (Å²) in [5, 5.41) is 0. The molecule has 5 rings (SSSR count). The molecule has 9 heteroatoms. The number of hydrogen-bond donors (Lipinski definition) is 0. The minimum absolute atomic E-state index is 0.191. The molecule has 2 aromatic rings. The van der Waals surface area contributed by atoms with E-state index >= 15 is 0 Å². The Balaban J connectivity index is 1.01. The molecule has 0 spiro atoms. The first-order chi connectivity index (χ1) is 19.9. The van der Waals surface area contributed by atoms with Crippen molar-refractivity contribution in [2.24, 2.45) is 0 Å². The number of morpholine rings is 1. The van der Waals surface area contributed by atoms with Gasteiger partial charge in [0, 0.05) is 64.5 Å². The number of benzene rings is 2. The van der Waals surface area contributed by atoms with Crippen LogP contribution in [-0.4, -0.2) is 92.7 Å². The molecule has 0 aliphatic carbocycles. The SMILES string of the molecule is O=C1CCC(c2ccc(CCCCN3CCN(c4cccc(C(F)(F)F)c4)CC3)cc2)N1CCCN1CCOCC1. The number of hydrogen-bond acceptors (Lipinski definition) is 5. The lowest BCUT2D eigenvalue weighted by atomic mass is 10.0. The van der Waals surface area contributed by atoms with Gasteiger partial charge in [-0.2, -0.15) is 13.2 Å². The van der Waals surface area contributed by atoms with Crippen LogP contribution in [0.5, 0.6) is 0 Å². The summed E-state index contributed by atoms with van der Waals surface area (Å²) in [6.07, 6.45) is 1.45. The van der Waals surface area contributed by atoms with Crippen molar-refractivity contribution in [2.75, 3.05) is 77.0 Å². The van der Waals surface area contributed by atoms with Gasteiger partial charge in [0.1, 0.15) is 0 Å². The molecule has 1 amide bonds. The summed E-state index contributed by atoms with van der Waals surface area (Å²) in [5.74, 6) is 0.275. The van der Waals surface area contributed by atoms with Crippen LogP contribution in [0.1, 0.15) is 54.8 Å². The highest BCUT2D eigenvalue weighted by molar-refractivity contribution is 5.79. The lowest BCUT2D eigenvalue weighted by Gasteiger charge is -2.36. The summed E-state index contributed by atoms with van der Waals surface area (Å²) >= 11 is 0. The lowest BCUT2D eigenvalue weighted by molar-refractivity contribution is -0.137. The quantitative estimate of drug-likeness (QED) is 0.345. The predicted octanol–water partition coefficient (Wildman–Crippen LogP) is 5.24. The number of alkyl halides is 3. The molecule has 0 radical (unpaired) electrons. The molecule has 0 bridgehead atoms. The van der Waals surface area contributed by atoms with Crippen LogP contribution >= 0.6 is 0 Å².